The van der Waals surface area contributed by atoms with Gasteiger partial charge in [0.25, 0.3) is 0 Å². The molecule has 0 N–H and O–H groups in total. The van der Waals surface area contributed by atoms with Crippen LogP contribution in [0.25, 0.3) is 0 Å². The fraction of sp³-hybridized carbons (Fsp3) is 0.875. The first-order valence-electron chi connectivity index (χ1n) is 7.28. The maximum atomic E-state index is 3.88. The van der Waals surface area contributed by atoms with E-state index in [0.29, 0.717) is 0 Å². The Hall–Kier alpha value is 0.766. The van der Waals surface area contributed by atoms with E-state index >= 15 is 0 Å². The molecule has 0 bridgehead atoms. The summed E-state index contributed by atoms with van der Waals surface area (Å²) in [5.74, 6) is 1.78. The van der Waals surface area contributed by atoms with E-state index in [2.05, 4.69) is 41.5 Å². The average molecular weight is 251 g/mol. The molecule has 0 amide bonds. The molecule has 0 saturated carbocycles. The van der Waals surface area contributed by atoms with Gasteiger partial charge in [-0.25, -0.2) is 0 Å². The van der Waals surface area contributed by atoms with Gasteiger partial charge in [-0.3, -0.25) is 0 Å². The molecule has 0 aromatic heterocycles. The van der Waals surface area contributed by atoms with Crippen molar-refractivity contribution in [2.45, 2.75) is 79.1 Å². The average Bonchev–Trinajstić information content (AvgIpc) is 2.33. The Morgan fingerprint density at radius 1 is 0.706 bits per heavy atom. The van der Waals surface area contributed by atoms with Crippen molar-refractivity contribution in [1.82, 2.24) is 0 Å². The second-order valence-electron chi connectivity index (χ2n) is 4.70. The molecule has 0 nitrogen and oxygen atoms in total. The van der Waals surface area contributed by atoms with Crippen LogP contribution < -0.4 is 0 Å². The van der Waals surface area contributed by atoms with Crippen LogP contribution in [0.1, 0.15) is 79.1 Å². The van der Waals surface area contributed by atoms with Crippen LogP contribution in [-0.4, -0.2) is 23.1 Å². The Morgan fingerprint density at radius 3 is 1.06 bits per heavy atom. The molecule has 0 aromatic rings. The van der Waals surface area contributed by atoms with Gasteiger partial charge >= 0.3 is 23.1 Å². The molecule has 0 heterocycles. The molecular weight excluding hydrogens is 216 g/mol. The van der Waals surface area contributed by atoms with Gasteiger partial charge in [-0.05, 0) is 0 Å². The summed E-state index contributed by atoms with van der Waals surface area (Å²) < 4.78 is 0. The van der Waals surface area contributed by atoms with Gasteiger partial charge < -0.3 is 13.8 Å². The summed E-state index contributed by atoms with van der Waals surface area (Å²) in [5.41, 5.74) is 0. The predicted molar refractivity (Wildman–Crippen MR) is 83.1 cm³/mol. The maximum absolute atomic E-state index is 3.88. The number of rotatable bonds is 8. The third-order valence-electron chi connectivity index (χ3n) is 3.37. The molecule has 0 saturated heterocycles. The molecule has 0 aliphatic heterocycles. The minimum Gasteiger partial charge on any atom is -0.343 e. The zero-order valence-electron chi connectivity index (χ0n) is 12.9. The van der Waals surface area contributed by atoms with Crippen molar-refractivity contribution in [1.29, 1.82) is 0 Å². The van der Waals surface area contributed by atoms with E-state index in [0.717, 1.165) is 24.7 Å². The molecule has 0 spiro atoms. The summed E-state index contributed by atoms with van der Waals surface area (Å²) in [5, 5.41) is 0. The van der Waals surface area contributed by atoms with Crippen LogP contribution in [0, 0.1) is 25.7 Å². The first kappa shape index (κ1) is 22.9. The van der Waals surface area contributed by atoms with E-state index in [4.69, 9.17) is 0 Å². The Labute approximate surface area is 127 Å². The Balaban J connectivity index is -0.000000218. The zero-order valence-corrected chi connectivity index (χ0v) is 14.3. The van der Waals surface area contributed by atoms with Gasteiger partial charge in [0.15, 0.2) is 0 Å². The quantitative estimate of drug-likeness (QED) is 0.383. The molecule has 0 aliphatic carbocycles. The van der Waals surface area contributed by atoms with Gasteiger partial charge in [0.2, 0.25) is 0 Å². The molecule has 2 unspecified atom stereocenters. The van der Waals surface area contributed by atoms with Crippen LogP contribution >= 0.6 is 0 Å². The molecule has 0 radical (unpaired) electrons. The summed E-state index contributed by atoms with van der Waals surface area (Å²) in [6, 6.07) is 0. The predicted octanol–water partition coefficient (Wildman–Crippen LogP) is 5.69. The van der Waals surface area contributed by atoms with Crippen molar-refractivity contribution in [3.63, 3.8) is 0 Å². The summed E-state index contributed by atoms with van der Waals surface area (Å²) in [7, 11) is 0. The van der Waals surface area contributed by atoms with Crippen LogP contribution in [0.3, 0.4) is 0 Å². The van der Waals surface area contributed by atoms with Gasteiger partial charge in [-0.15, -0.1) is 0 Å². The van der Waals surface area contributed by atoms with Crippen LogP contribution in [0.4, 0.5) is 0 Å². The fourth-order valence-corrected chi connectivity index (χ4v) is 1.92. The minimum atomic E-state index is 0. The second-order valence-corrected chi connectivity index (χ2v) is 4.70. The second kappa shape index (κ2) is 19.1. The number of hydrogen-bond donors (Lipinski definition) is 0. The number of hydrogen-bond acceptors (Lipinski definition) is 0. The standard InChI is InChI=1S/2C8H17.Mg/c2*1-4-7-8(5-2)6-3;/h2*8H,2,4-7H2,1,3H3;/q2*-1;+2. The van der Waals surface area contributed by atoms with Crippen LogP contribution in [0.15, 0.2) is 0 Å². The van der Waals surface area contributed by atoms with Crippen molar-refractivity contribution < 1.29 is 0 Å². The van der Waals surface area contributed by atoms with Gasteiger partial charge in [0, 0.05) is 0 Å². The fourth-order valence-electron chi connectivity index (χ4n) is 1.92. The SMILES string of the molecule is [CH2-]CC(CC)CCC.[CH2-]CC(CC)CCC.[Mg+2]. The van der Waals surface area contributed by atoms with Crippen molar-refractivity contribution in [2.24, 2.45) is 11.8 Å². The van der Waals surface area contributed by atoms with E-state index in [1.165, 1.54) is 38.5 Å². The monoisotopic (exact) mass is 250 g/mol. The van der Waals surface area contributed by atoms with E-state index < -0.39 is 0 Å². The summed E-state index contributed by atoms with van der Waals surface area (Å²) in [6.07, 6.45) is 10.2. The molecule has 0 aromatic carbocycles. The topological polar surface area (TPSA) is 0 Å². The van der Waals surface area contributed by atoms with Crippen LogP contribution in [0.2, 0.25) is 0 Å². The van der Waals surface area contributed by atoms with Crippen molar-refractivity contribution in [3.05, 3.63) is 13.8 Å². The van der Waals surface area contributed by atoms with Crippen LogP contribution in [0.5, 0.6) is 0 Å². The first-order valence-corrected chi connectivity index (χ1v) is 7.28. The Bertz CT molecular complexity index is 90.1. The largest absolute Gasteiger partial charge is 2.00 e. The molecule has 17 heavy (non-hydrogen) atoms. The zero-order chi connectivity index (χ0) is 12.8. The van der Waals surface area contributed by atoms with Crippen LogP contribution in [-0.2, 0) is 0 Å². The van der Waals surface area contributed by atoms with Crippen molar-refractivity contribution in [2.75, 3.05) is 0 Å². The smallest absolute Gasteiger partial charge is 0.343 e. The van der Waals surface area contributed by atoms with E-state index in [1.807, 2.05) is 0 Å². The van der Waals surface area contributed by atoms with Gasteiger partial charge in [0.1, 0.15) is 0 Å². The minimum absolute atomic E-state index is 0. The molecule has 0 fully saturated rings. The third kappa shape index (κ3) is 16.8. The first-order chi connectivity index (χ1) is 7.69. The normalized spacial score (nSPS) is 13.1. The summed E-state index contributed by atoms with van der Waals surface area (Å²) in [4.78, 5) is 0. The Kier molecular flexibility index (Phi) is 25.8. The maximum Gasteiger partial charge on any atom is 2.00 e. The molecule has 0 aliphatic rings. The molecule has 100 valence electrons. The summed E-state index contributed by atoms with van der Waals surface area (Å²) in [6.45, 7) is 16.7. The van der Waals surface area contributed by atoms with E-state index in [1.54, 1.807) is 0 Å². The van der Waals surface area contributed by atoms with Gasteiger partial charge in [-0.2, -0.15) is 12.8 Å². The molecular formula is C16H34Mg. The van der Waals surface area contributed by atoms with E-state index in [9.17, 15) is 0 Å². The summed E-state index contributed by atoms with van der Waals surface area (Å²) >= 11 is 0. The van der Waals surface area contributed by atoms with Gasteiger partial charge in [0.05, 0.1) is 0 Å². The molecule has 0 rings (SSSR count). The van der Waals surface area contributed by atoms with E-state index in [-0.39, 0.29) is 23.1 Å². The van der Waals surface area contributed by atoms with Gasteiger partial charge in [-0.1, -0.05) is 78.1 Å². The van der Waals surface area contributed by atoms with Crippen molar-refractivity contribution >= 4 is 23.1 Å². The Morgan fingerprint density at radius 2 is 1.00 bits per heavy atom. The third-order valence-corrected chi connectivity index (χ3v) is 3.37. The molecule has 1 heteroatoms. The van der Waals surface area contributed by atoms with Crippen molar-refractivity contribution in [3.8, 4) is 0 Å². The molecule has 2 atom stereocenters.